The molecule has 1 unspecified atom stereocenters. The van der Waals surface area contributed by atoms with Crippen molar-refractivity contribution in [1.82, 2.24) is 15.3 Å². The number of nitrogens with zero attached hydrogens (tertiary/aromatic N) is 6. The Labute approximate surface area is 140 Å². The van der Waals surface area contributed by atoms with Gasteiger partial charge >= 0.3 is 6.09 Å². The maximum Gasteiger partial charge on any atom is 0.410 e. The number of rotatable bonds is 2. The Kier molecular flexibility index (Phi) is 4.04. The molecule has 3 rings (SSSR count). The molecule has 0 saturated carbocycles. The van der Waals surface area contributed by atoms with Crippen LogP contribution in [0.1, 0.15) is 23.7 Å². The first-order chi connectivity index (χ1) is 11.9. The Morgan fingerprint density at radius 3 is 3.04 bits per heavy atom. The largest absolute Gasteiger partial charge is 0.465 e. The normalized spacial score (nSPS) is 18.6. The van der Waals surface area contributed by atoms with Gasteiger partial charge in [-0.1, -0.05) is 5.11 Å². The van der Waals surface area contributed by atoms with Crippen molar-refractivity contribution in [2.75, 3.05) is 0 Å². The molecular formula is C15H12FN7O2. The Hall–Kier alpha value is -3.52. The van der Waals surface area contributed by atoms with Crippen molar-refractivity contribution in [1.29, 1.82) is 0 Å². The van der Waals surface area contributed by atoms with Gasteiger partial charge in [0.1, 0.15) is 18.0 Å². The Morgan fingerprint density at radius 2 is 2.32 bits per heavy atom. The van der Waals surface area contributed by atoms with Crippen LogP contribution in [0.25, 0.3) is 10.4 Å². The number of aliphatic imine (C=N–C) groups is 1. The Bertz CT molecular complexity index is 939. The zero-order chi connectivity index (χ0) is 18.0. The molecule has 9 nitrogen and oxygen atoms in total. The van der Waals surface area contributed by atoms with Gasteiger partial charge in [-0.2, -0.15) is 0 Å². The van der Waals surface area contributed by atoms with E-state index in [0.29, 0.717) is 11.3 Å². The lowest BCUT2D eigenvalue weighted by atomic mass is 9.84. The van der Waals surface area contributed by atoms with E-state index in [0.717, 1.165) is 0 Å². The summed E-state index contributed by atoms with van der Waals surface area (Å²) in [7, 11) is 0. The van der Waals surface area contributed by atoms with E-state index in [1.165, 1.54) is 30.7 Å². The van der Waals surface area contributed by atoms with E-state index in [1.807, 2.05) is 0 Å². The fourth-order valence-electron chi connectivity index (χ4n) is 2.76. The lowest BCUT2D eigenvalue weighted by Crippen LogP contribution is -2.39. The van der Waals surface area contributed by atoms with Gasteiger partial charge in [0.2, 0.25) is 0 Å². The molecule has 2 N–H and O–H groups in total. The molecule has 126 valence electrons. The van der Waals surface area contributed by atoms with E-state index in [1.54, 1.807) is 6.92 Å². The van der Waals surface area contributed by atoms with Crippen molar-refractivity contribution >= 4 is 17.6 Å². The van der Waals surface area contributed by atoms with Crippen LogP contribution in [-0.2, 0) is 12.0 Å². The van der Waals surface area contributed by atoms with Gasteiger partial charge in [-0.3, -0.25) is 10.3 Å². The van der Waals surface area contributed by atoms with E-state index >= 15 is 0 Å². The number of azide groups is 1. The third-order valence-corrected chi connectivity index (χ3v) is 3.84. The summed E-state index contributed by atoms with van der Waals surface area (Å²) in [5.74, 6) is -0.513. The van der Waals surface area contributed by atoms with Gasteiger partial charge in [-0.25, -0.2) is 19.2 Å². The maximum absolute atomic E-state index is 14.4. The Balaban J connectivity index is 2.17. The number of aromatic nitrogens is 2. The van der Waals surface area contributed by atoms with Gasteiger partial charge in [-0.15, -0.1) is 0 Å². The van der Waals surface area contributed by atoms with Crippen molar-refractivity contribution < 1.29 is 14.3 Å². The number of carboxylic acid groups (broad SMARTS) is 1. The van der Waals surface area contributed by atoms with Gasteiger partial charge in [0, 0.05) is 28.8 Å². The third kappa shape index (κ3) is 3.10. The van der Waals surface area contributed by atoms with E-state index in [9.17, 15) is 9.18 Å². The fourth-order valence-corrected chi connectivity index (χ4v) is 2.76. The molecule has 2 heterocycles. The number of carbonyl (C=O) groups is 1. The molecule has 0 fully saturated rings. The summed E-state index contributed by atoms with van der Waals surface area (Å²) in [6, 6.07) is 3.92. The minimum atomic E-state index is -1.30. The molecular weight excluding hydrogens is 329 g/mol. The molecule has 1 aliphatic heterocycles. The summed E-state index contributed by atoms with van der Waals surface area (Å²) < 4.78 is 14.4. The van der Waals surface area contributed by atoms with E-state index in [4.69, 9.17) is 10.6 Å². The van der Waals surface area contributed by atoms with Crippen molar-refractivity contribution in [2.45, 2.75) is 18.9 Å². The van der Waals surface area contributed by atoms with Gasteiger partial charge in [0.05, 0.1) is 16.8 Å². The van der Waals surface area contributed by atoms with Crippen molar-refractivity contribution in [2.24, 2.45) is 10.1 Å². The van der Waals surface area contributed by atoms with Gasteiger partial charge in [0.15, 0.2) is 0 Å². The molecule has 1 aliphatic rings. The van der Waals surface area contributed by atoms with E-state index in [-0.39, 0.29) is 23.5 Å². The molecule has 0 bridgehead atoms. The van der Waals surface area contributed by atoms with Crippen molar-refractivity contribution in [3.05, 3.63) is 63.8 Å². The molecule has 10 heteroatoms. The van der Waals surface area contributed by atoms with Crippen LogP contribution in [0, 0.1) is 5.82 Å². The summed E-state index contributed by atoms with van der Waals surface area (Å²) in [5.41, 5.74) is 8.81. The molecule has 1 amide bonds. The number of amides is 1. The smallest absolute Gasteiger partial charge is 0.410 e. The highest BCUT2D eigenvalue weighted by molar-refractivity contribution is 6.07. The van der Waals surface area contributed by atoms with Crippen LogP contribution in [0.5, 0.6) is 0 Å². The first-order valence-electron chi connectivity index (χ1n) is 7.17. The number of nitrogens with one attached hydrogen (secondary N) is 1. The van der Waals surface area contributed by atoms with E-state index < -0.39 is 17.4 Å². The van der Waals surface area contributed by atoms with Crippen LogP contribution in [0.2, 0.25) is 0 Å². The van der Waals surface area contributed by atoms with Crippen molar-refractivity contribution in [3.63, 3.8) is 0 Å². The lowest BCUT2D eigenvalue weighted by molar-refractivity contribution is 0.200. The standard InChI is InChI=1S/C15H12FN7O2/c1-15(10-4-8(22-23-17)2-3-11(10)16)5-12-9(6-18-7-19-12)13(21-15)20-14(24)25/h2-4,6-7H,5H2,1H3,(H,20,21)(H,24,25). The van der Waals surface area contributed by atoms with Gasteiger partial charge in [0.25, 0.3) is 0 Å². The molecule has 0 spiro atoms. The second-order valence-electron chi connectivity index (χ2n) is 5.58. The highest BCUT2D eigenvalue weighted by Gasteiger charge is 2.36. The fraction of sp³-hybridized carbons (Fsp3) is 0.200. The first kappa shape index (κ1) is 16.3. The number of fused-ring (bicyclic) bond motifs is 1. The van der Waals surface area contributed by atoms with Crippen LogP contribution in [-0.4, -0.2) is 27.0 Å². The SMILES string of the molecule is CC1(c2cc(N=[N+]=[N-])ccc2F)Cc2ncncc2C(NC(=O)O)=N1. The minimum Gasteiger partial charge on any atom is -0.465 e. The van der Waals surface area contributed by atoms with Crippen LogP contribution in [0.4, 0.5) is 14.9 Å². The molecule has 1 aromatic heterocycles. The quantitative estimate of drug-likeness (QED) is 0.492. The molecule has 0 aliphatic carbocycles. The number of hydrogen-bond acceptors (Lipinski definition) is 5. The number of benzene rings is 1. The number of hydrogen-bond donors (Lipinski definition) is 2. The van der Waals surface area contributed by atoms with Crippen LogP contribution >= 0.6 is 0 Å². The predicted molar refractivity (Wildman–Crippen MR) is 86.0 cm³/mol. The maximum atomic E-state index is 14.4. The van der Waals surface area contributed by atoms with Crippen LogP contribution in [0.3, 0.4) is 0 Å². The minimum absolute atomic E-state index is 0.0328. The lowest BCUT2D eigenvalue weighted by Gasteiger charge is -2.32. The molecule has 0 radical (unpaired) electrons. The monoisotopic (exact) mass is 341 g/mol. The molecule has 1 aromatic carbocycles. The molecule has 0 saturated heterocycles. The van der Waals surface area contributed by atoms with E-state index in [2.05, 4.69) is 30.3 Å². The Morgan fingerprint density at radius 1 is 1.52 bits per heavy atom. The summed E-state index contributed by atoms with van der Waals surface area (Å²) in [6.45, 7) is 1.65. The second kappa shape index (κ2) is 6.17. The van der Waals surface area contributed by atoms with Gasteiger partial charge < -0.3 is 5.11 Å². The second-order valence-corrected chi connectivity index (χ2v) is 5.58. The highest BCUT2D eigenvalue weighted by atomic mass is 19.1. The summed E-state index contributed by atoms with van der Waals surface area (Å²) in [5, 5.41) is 14.7. The topological polar surface area (TPSA) is 136 Å². The molecule has 25 heavy (non-hydrogen) atoms. The zero-order valence-corrected chi connectivity index (χ0v) is 13.0. The van der Waals surface area contributed by atoms with Crippen LogP contribution in [0.15, 0.2) is 40.8 Å². The van der Waals surface area contributed by atoms with Gasteiger partial charge in [-0.05, 0) is 30.7 Å². The highest BCUT2D eigenvalue weighted by Crippen LogP contribution is 2.37. The molecule has 2 aromatic rings. The third-order valence-electron chi connectivity index (χ3n) is 3.84. The summed E-state index contributed by atoms with van der Waals surface area (Å²) in [4.78, 5) is 26.2. The van der Waals surface area contributed by atoms with Crippen LogP contribution < -0.4 is 5.32 Å². The first-order valence-corrected chi connectivity index (χ1v) is 7.17. The summed E-state index contributed by atoms with van der Waals surface area (Å²) >= 11 is 0. The average molecular weight is 341 g/mol. The summed E-state index contributed by atoms with van der Waals surface area (Å²) in [6.07, 6.45) is 1.70. The zero-order valence-electron chi connectivity index (χ0n) is 13.0. The van der Waals surface area contributed by atoms with Crippen molar-refractivity contribution in [3.8, 4) is 0 Å². The average Bonchev–Trinajstić information content (AvgIpc) is 2.56. The number of halogens is 1. The molecule has 1 atom stereocenters. The number of amidine groups is 1. The predicted octanol–water partition coefficient (Wildman–Crippen LogP) is 3.04.